The first-order valence-electron chi connectivity index (χ1n) is 5.34. The third kappa shape index (κ3) is 4.20. The Bertz CT molecular complexity index is 398. The van der Waals surface area contributed by atoms with Crippen LogP contribution in [0.5, 0.6) is 0 Å². The molecule has 0 saturated carbocycles. The second-order valence-corrected chi connectivity index (χ2v) is 4.00. The summed E-state index contributed by atoms with van der Waals surface area (Å²) >= 11 is 5.80. The monoisotopic (exact) mass is 258 g/mol. The Hall–Kier alpha value is -1.33. The van der Waals surface area contributed by atoms with Crippen molar-refractivity contribution in [2.24, 2.45) is 0 Å². The lowest BCUT2D eigenvalue weighted by atomic mass is 10.2. The van der Waals surface area contributed by atoms with Gasteiger partial charge in [0.25, 0.3) is 5.69 Å². The lowest BCUT2D eigenvalue weighted by Crippen LogP contribution is -2.20. The molecule has 94 valence electrons. The van der Waals surface area contributed by atoms with Crippen LogP contribution >= 0.6 is 11.6 Å². The molecule has 0 aliphatic rings. The summed E-state index contributed by atoms with van der Waals surface area (Å²) in [4.78, 5) is 10.4. The van der Waals surface area contributed by atoms with Crippen LogP contribution in [-0.4, -0.2) is 24.2 Å². The van der Waals surface area contributed by atoms with E-state index < -0.39 is 4.92 Å². The Kier molecular flexibility index (Phi) is 5.18. The van der Waals surface area contributed by atoms with Gasteiger partial charge in [-0.05, 0) is 26.0 Å². The van der Waals surface area contributed by atoms with Crippen LogP contribution in [0.4, 0.5) is 11.4 Å². The van der Waals surface area contributed by atoms with Gasteiger partial charge in [0.2, 0.25) is 0 Å². The van der Waals surface area contributed by atoms with Gasteiger partial charge in [-0.25, -0.2) is 0 Å². The molecule has 0 amide bonds. The number of nitrogens with one attached hydrogen (secondary N) is 1. The summed E-state index contributed by atoms with van der Waals surface area (Å²) < 4.78 is 5.33. The van der Waals surface area contributed by atoms with Gasteiger partial charge in [-0.15, -0.1) is 0 Å². The van der Waals surface area contributed by atoms with E-state index in [0.29, 0.717) is 23.9 Å². The molecule has 0 spiro atoms. The van der Waals surface area contributed by atoms with Gasteiger partial charge in [0.15, 0.2) is 0 Å². The number of benzene rings is 1. The predicted octanol–water partition coefficient (Wildman–Crippen LogP) is 3.09. The zero-order valence-electron chi connectivity index (χ0n) is 9.77. The van der Waals surface area contributed by atoms with E-state index in [0.717, 1.165) is 0 Å². The fourth-order valence-corrected chi connectivity index (χ4v) is 1.58. The Labute approximate surface area is 105 Å². The highest BCUT2D eigenvalue weighted by atomic mass is 35.5. The largest absolute Gasteiger partial charge is 0.377 e. The third-order valence-electron chi connectivity index (χ3n) is 2.19. The first-order valence-corrected chi connectivity index (χ1v) is 5.71. The van der Waals surface area contributed by atoms with Gasteiger partial charge in [0.1, 0.15) is 5.69 Å². The molecule has 1 rings (SSSR count). The van der Waals surface area contributed by atoms with Gasteiger partial charge >= 0.3 is 0 Å². The fourth-order valence-electron chi connectivity index (χ4n) is 1.41. The van der Waals surface area contributed by atoms with Crippen LogP contribution in [0.3, 0.4) is 0 Å². The molecule has 0 aliphatic carbocycles. The van der Waals surface area contributed by atoms with E-state index in [4.69, 9.17) is 16.3 Å². The SMILES string of the molecule is CCOC(C)CNc1cc(Cl)ccc1[N+](=O)[O-]. The Morgan fingerprint density at radius 1 is 1.59 bits per heavy atom. The number of hydrogen-bond donors (Lipinski definition) is 1. The topological polar surface area (TPSA) is 64.4 Å². The molecule has 1 aromatic rings. The summed E-state index contributed by atoms with van der Waals surface area (Å²) in [5.41, 5.74) is 0.423. The second kappa shape index (κ2) is 6.42. The van der Waals surface area contributed by atoms with E-state index in [2.05, 4.69) is 5.32 Å². The van der Waals surface area contributed by atoms with E-state index in [9.17, 15) is 10.1 Å². The second-order valence-electron chi connectivity index (χ2n) is 3.57. The molecule has 5 nitrogen and oxygen atoms in total. The number of hydrogen-bond acceptors (Lipinski definition) is 4. The minimum atomic E-state index is -0.440. The third-order valence-corrected chi connectivity index (χ3v) is 2.42. The molecule has 0 fully saturated rings. The first-order chi connectivity index (χ1) is 8.04. The van der Waals surface area contributed by atoms with Crippen LogP contribution in [-0.2, 0) is 4.74 Å². The van der Waals surface area contributed by atoms with Crippen molar-refractivity contribution in [2.45, 2.75) is 20.0 Å². The summed E-state index contributed by atoms with van der Waals surface area (Å²) in [6.07, 6.45) is -0.0152. The van der Waals surface area contributed by atoms with Crippen LogP contribution in [0.15, 0.2) is 18.2 Å². The highest BCUT2D eigenvalue weighted by Crippen LogP contribution is 2.27. The lowest BCUT2D eigenvalue weighted by Gasteiger charge is -2.13. The first kappa shape index (κ1) is 13.7. The summed E-state index contributed by atoms with van der Waals surface area (Å²) in [6, 6.07) is 4.42. The van der Waals surface area contributed by atoms with Gasteiger partial charge in [-0.2, -0.15) is 0 Å². The van der Waals surface area contributed by atoms with Crippen LogP contribution in [0.1, 0.15) is 13.8 Å². The smallest absolute Gasteiger partial charge is 0.292 e. The fraction of sp³-hybridized carbons (Fsp3) is 0.455. The molecule has 1 unspecified atom stereocenters. The number of halogens is 1. The number of rotatable bonds is 6. The van der Waals surface area contributed by atoms with Gasteiger partial charge in [0, 0.05) is 24.2 Å². The molecule has 0 bridgehead atoms. The van der Waals surface area contributed by atoms with Crippen LogP contribution in [0.25, 0.3) is 0 Å². The summed E-state index contributed by atoms with van der Waals surface area (Å²) in [7, 11) is 0. The maximum Gasteiger partial charge on any atom is 0.292 e. The Balaban J connectivity index is 2.75. The van der Waals surface area contributed by atoms with Crippen LogP contribution in [0, 0.1) is 10.1 Å². The van der Waals surface area contributed by atoms with Crippen LogP contribution in [0.2, 0.25) is 5.02 Å². The van der Waals surface area contributed by atoms with Gasteiger partial charge < -0.3 is 10.1 Å². The summed E-state index contributed by atoms with van der Waals surface area (Å²) in [5, 5.41) is 14.2. The maximum atomic E-state index is 10.8. The van der Waals surface area contributed by atoms with E-state index in [1.807, 2.05) is 13.8 Å². The predicted molar refractivity (Wildman–Crippen MR) is 67.7 cm³/mol. The van der Waals surface area contributed by atoms with Crippen molar-refractivity contribution in [3.8, 4) is 0 Å². The zero-order chi connectivity index (χ0) is 12.8. The number of anilines is 1. The maximum absolute atomic E-state index is 10.8. The molecular weight excluding hydrogens is 244 g/mol. The highest BCUT2D eigenvalue weighted by Gasteiger charge is 2.14. The van der Waals surface area contributed by atoms with Gasteiger partial charge in [-0.1, -0.05) is 11.6 Å². The number of nitrogens with zero attached hydrogens (tertiary/aromatic N) is 1. The van der Waals surface area contributed by atoms with Crippen LogP contribution < -0.4 is 5.32 Å². The van der Waals surface area contributed by atoms with E-state index in [1.54, 1.807) is 6.07 Å². The molecule has 0 aliphatic heterocycles. The van der Waals surface area contributed by atoms with E-state index in [-0.39, 0.29) is 11.8 Å². The molecule has 1 atom stereocenters. The van der Waals surface area contributed by atoms with Crippen molar-refractivity contribution in [1.29, 1.82) is 0 Å². The standard InChI is InChI=1S/C11H15ClN2O3/c1-3-17-8(2)7-13-10-6-9(12)4-5-11(10)14(15)16/h4-6,8,13H,3,7H2,1-2H3. The molecule has 1 N–H and O–H groups in total. The zero-order valence-corrected chi connectivity index (χ0v) is 10.5. The van der Waals surface area contributed by atoms with Crippen molar-refractivity contribution in [3.63, 3.8) is 0 Å². The van der Waals surface area contributed by atoms with Crippen molar-refractivity contribution in [1.82, 2.24) is 0 Å². The van der Waals surface area contributed by atoms with Crippen molar-refractivity contribution in [3.05, 3.63) is 33.3 Å². The number of nitro groups is 1. The van der Waals surface area contributed by atoms with Gasteiger partial charge in [0.05, 0.1) is 11.0 Å². The molecule has 0 radical (unpaired) electrons. The molecule has 0 aromatic heterocycles. The van der Waals surface area contributed by atoms with E-state index in [1.165, 1.54) is 12.1 Å². The molecule has 6 heteroatoms. The molecule has 17 heavy (non-hydrogen) atoms. The van der Waals surface area contributed by atoms with Crippen molar-refractivity contribution < 1.29 is 9.66 Å². The van der Waals surface area contributed by atoms with Crippen molar-refractivity contribution in [2.75, 3.05) is 18.5 Å². The normalized spacial score (nSPS) is 12.2. The summed E-state index contributed by atoms with van der Waals surface area (Å²) in [5.74, 6) is 0. The van der Waals surface area contributed by atoms with Crippen molar-refractivity contribution >= 4 is 23.0 Å². The minimum Gasteiger partial charge on any atom is -0.377 e. The highest BCUT2D eigenvalue weighted by molar-refractivity contribution is 6.31. The molecule has 0 heterocycles. The average molecular weight is 259 g/mol. The minimum absolute atomic E-state index is 0.0121. The number of ether oxygens (including phenoxy) is 1. The van der Waals surface area contributed by atoms with E-state index >= 15 is 0 Å². The molecular formula is C11H15ClN2O3. The summed E-state index contributed by atoms with van der Waals surface area (Å²) in [6.45, 7) is 4.90. The molecule has 0 saturated heterocycles. The lowest BCUT2D eigenvalue weighted by molar-refractivity contribution is -0.384. The quantitative estimate of drug-likeness (QED) is 0.629. The Morgan fingerprint density at radius 3 is 2.88 bits per heavy atom. The number of nitro benzene ring substituents is 1. The average Bonchev–Trinajstić information content (AvgIpc) is 2.26. The van der Waals surface area contributed by atoms with Gasteiger partial charge in [-0.3, -0.25) is 10.1 Å². The molecule has 1 aromatic carbocycles. The Morgan fingerprint density at radius 2 is 2.29 bits per heavy atom.